The number of aromatic nitrogens is 1. The summed E-state index contributed by atoms with van der Waals surface area (Å²) in [7, 11) is 0. The molecule has 1 saturated carbocycles. The number of carboxylic acid groups (broad SMARTS) is 1. The number of carbonyl (C=O) groups is 2. The third-order valence-corrected chi connectivity index (χ3v) is 7.59. The third kappa shape index (κ3) is 5.36. The van der Waals surface area contributed by atoms with Gasteiger partial charge in [-0.05, 0) is 49.2 Å². The maximum absolute atomic E-state index is 14.1. The predicted molar refractivity (Wildman–Crippen MR) is 138 cm³/mol. The molecule has 2 N–H and O–H groups in total. The highest BCUT2D eigenvalue weighted by molar-refractivity contribution is 5.69. The zero-order chi connectivity index (χ0) is 27.9. The number of carbonyl (C=O) groups excluding carboxylic acids is 1. The van der Waals surface area contributed by atoms with Gasteiger partial charge in [-0.15, -0.1) is 0 Å². The summed E-state index contributed by atoms with van der Waals surface area (Å²) in [6, 6.07) is 16.1. The van der Waals surface area contributed by atoms with Gasteiger partial charge in [-0.2, -0.15) is 0 Å². The van der Waals surface area contributed by atoms with Crippen molar-refractivity contribution in [3.8, 4) is 17.1 Å². The van der Waals surface area contributed by atoms with Crippen molar-refractivity contribution in [3.63, 3.8) is 0 Å². The second kappa shape index (κ2) is 9.83. The van der Waals surface area contributed by atoms with Crippen LogP contribution in [0.2, 0.25) is 0 Å². The number of nitrogens with one attached hydrogen (secondary N) is 1. The van der Waals surface area contributed by atoms with Gasteiger partial charge in [-0.1, -0.05) is 37.3 Å². The molecule has 1 aromatic heterocycles. The molecule has 39 heavy (non-hydrogen) atoms. The molecule has 0 spiro atoms. The molecular weight excluding hydrogens is 508 g/mol. The van der Waals surface area contributed by atoms with E-state index in [4.69, 9.17) is 9.47 Å². The Morgan fingerprint density at radius 1 is 1.13 bits per heavy atom. The number of nitrogens with zero attached hydrogens (tertiary/aromatic N) is 2. The van der Waals surface area contributed by atoms with Crippen molar-refractivity contribution >= 4 is 12.2 Å². The van der Waals surface area contributed by atoms with E-state index in [0.717, 1.165) is 17.7 Å². The fraction of sp³-hybridized carbons (Fsp3) is 0.345. The largest absolute Gasteiger partial charge is 0.473 e. The van der Waals surface area contributed by atoms with E-state index in [1.807, 2.05) is 37.3 Å². The number of hydrogen-bond donors (Lipinski definition) is 2. The Balaban J connectivity index is 1.39. The van der Waals surface area contributed by atoms with Crippen molar-refractivity contribution in [1.29, 1.82) is 0 Å². The number of fused-ring (bicyclic) bond motifs is 1. The summed E-state index contributed by atoms with van der Waals surface area (Å²) in [6.45, 7) is 6.36. The standard InChI is InChI=1S/C29H29F2N3O5/c1-28(2,33-26(35)38-15-17-7-5-4-6-8-17)19-12-23(18-9-10-21(30)22(31)11-18)32-24(13-19)39-25-20-14-34(27(36)37)16-29(20,25)3/h4-13,20,25H,14-16H2,1-3H3,(H,33,35)(H,36,37)/t20-,25?,29?/m0/s1. The van der Waals surface area contributed by atoms with Crippen LogP contribution in [0.3, 0.4) is 0 Å². The van der Waals surface area contributed by atoms with Crippen molar-refractivity contribution < 1.29 is 33.0 Å². The number of halogens is 2. The number of piperidine rings is 1. The molecule has 204 valence electrons. The summed E-state index contributed by atoms with van der Waals surface area (Å²) in [4.78, 5) is 29.9. The molecule has 2 heterocycles. The maximum Gasteiger partial charge on any atom is 0.408 e. The number of likely N-dealkylation sites (tertiary alicyclic amines) is 1. The first-order valence-electron chi connectivity index (χ1n) is 12.6. The molecule has 3 atom stereocenters. The quantitative estimate of drug-likeness (QED) is 0.409. The normalized spacial score (nSPS) is 21.7. The molecule has 0 radical (unpaired) electrons. The Kier molecular flexibility index (Phi) is 6.65. The first kappa shape index (κ1) is 26.4. The number of rotatable bonds is 7. The van der Waals surface area contributed by atoms with Crippen LogP contribution < -0.4 is 10.1 Å². The van der Waals surface area contributed by atoms with Gasteiger partial charge in [0.15, 0.2) is 11.6 Å². The van der Waals surface area contributed by atoms with Crippen molar-refractivity contribution in [1.82, 2.24) is 15.2 Å². The van der Waals surface area contributed by atoms with E-state index in [2.05, 4.69) is 10.3 Å². The smallest absolute Gasteiger partial charge is 0.408 e. The lowest BCUT2D eigenvalue weighted by Gasteiger charge is -2.27. The van der Waals surface area contributed by atoms with Gasteiger partial charge in [-0.25, -0.2) is 23.4 Å². The van der Waals surface area contributed by atoms with Gasteiger partial charge in [0, 0.05) is 36.1 Å². The average molecular weight is 538 g/mol. The van der Waals surface area contributed by atoms with E-state index in [0.29, 0.717) is 29.9 Å². The number of amides is 2. The summed E-state index contributed by atoms with van der Waals surface area (Å²) < 4.78 is 39.3. The fourth-order valence-electron chi connectivity index (χ4n) is 5.15. The van der Waals surface area contributed by atoms with Crippen LogP contribution in [0.15, 0.2) is 60.7 Å². The molecule has 10 heteroatoms. The van der Waals surface area contributed by atoms with E-state index in [1.165, 1.54) is 11.0 Å². The van der Waals surface area contributed by atoms with Gasteiger partial charge >= 0.3 is 12.2 Å². The maximum atomic E-state index is 14.1. The summed E-state index contributed by atoms with van der Waals surface area (Å²) in [5.41, 5.74) is 0.820. The number of benzene rings is 2. The summed E-state index contributed by atoms with van der Waals surface area (Å²) in [6.07, 6.45) is -1.84. The SMILES string of the molecule is CC(C)(NC(=O)OCc1ccccc1)c1cc(OC2[C@@H]3CN(C(=O)O)CC23C)nc(-c2ccc(F)c(F)c2)c1. The Morgan fingerprint density at radius 3 is 2.51 bits per heavy atom. The van der Waals surface area contributed by atoms with Crippen molar-refractivity contribution in [2.45, 2.75) is 39.0 Å². The molecule has 8 nitrogen and oxygen atoms in total. The molecule has 0 bridgehead atoms. The highest BCUT2D eigenvalue weighted by Crippen LogP contribution is 2.59. The summed E-state index contributed by atoms with van der Waals surface area (Å²) in [5.74, 6) is -1.73. The van der Waals surface area contributed by atoms with E-state index < -0.39 is 29.4 Å². The minimum atomic E-state index is -1.01. The fourth-order valence-corrected chi connectivity index (χ4v) is 5.15. The molecule has 2 unspecified atom stereocenters. The topological polar surface area (TPSA) is 101 Å². The molecule has 2 aromatic carbocycles. The number of hydrogen-bond acceptors (Lipinski definition) is 5. The number of pyridine rings is 1. The van der Waals surface area contributed by atoms with Gasteiger partial charge < -0.3 is 24.8 Å². The minimum absolute atomic E-state index is 0.0184. The summed E-state index contributed by atoms with van der Waals surface area (Å²) in [5, 5.41) is 12.2. The Hall–Kier alpha value is -4.21. The highest BCUT2D eigenvalue weighted by atomic mass is 19.2. The average Bonchev–Trinajstić information content (AvgIpc) is 3.23. The molecule has 2 amide bonds. The molecule has 1 saturated heterocycles. The molecular formula is C29H29F2N3O5. The molecule has 3 aromatic rings. The Labute approximate surface area is 224 Å². The lowest BCUT2D eigenvalue weighted by molar-refractivity contribution is 0.128. The molecule has 1 aliphatic heterocycles. The van der Waals surface area contributed by atoms with Gasteiger partial charge in [0.25, 0.3) is 0 Å². The lowest BCUT2D eigenvalue weighted by Crippen LogP contribution is -2.41. The number of alkyl carbamates (subject to hydrolysis) is 1. The van der Waals surface area contributed by atoms with Gasteiger partial charge in [0.2, 0.25) is 5.88 Å². The predicted octanol–water partition coefficient (Wildman–Crippen LogP) is 5.57. The highest BCUT2D eigenvalue weighted by Gasteiger charge is 2.69. The first-order valence-corrected chi connectivity index (χ1v) is 12.6. The second-order valence-electron chi connectivity index (χ2n) is 10.8. The van der Waals surface area contributed by atoms with Crippen LogP contribution in [0.25, 0.3) is 11.3 Å². The van der Waals surface area contributed by atoms with E-state index in [9.17, 15) is 23.5 Å². The van der Waals surface area contributed by atoms with Crippen molar-refractivity contribution in [2.75, 3.05) is 13.1 Å². The minimum Gasteiger partial charge on any atom is -0.473 e. The molecule has 2 fully saturated rings. The van der Waals surface area contributed by atoms with E-state index in [-0.39, 0.29) is 29.9 Å². The van der Waals surface area contributed by atoms with Crippen LogP contribution in [0.1, 0.15) is 31.9 Å². The second-order valence-corrected chi connectivity index (χ2v) is 10.8. The third-order valence-electron chi connectivity index (χ3n) is 7.59. The van der Waals surface area contributed by atoms with Crippen LogP contribution in [0, 0.1) is 23.0 Å². The van der Waals surface area contributed by atoms with E-state index >= 15 is 0 Å². The van der Waals surface area contributed by atoms with Crippen molar-refractivity contribution in [3.05, 3.63) is 83.4 Å². The molecule has 2 aliphatic rings. The molecule has 1 aliphatic carbocycles. The van der Waals surface area contributed by atoms with Crippen LogP contribution >= 0.6 is 0 Å². The monoisotopic (exact) mass is 537 g/mol. The number of ether oxygens (including phenoxy) is 2. The summed E-state index contributed by atoms with van der Waals surface area (Å²) >= 11 is 0. The Bertz CT molecular complexity index is 1420. The van der Waals surface area contributed by atoms with Gasteiger partial charge in [0.05, 0.1) is 11.2 Å². The van der Waals surface area contributed by atoms with Crippen LogP contribution in [-0.4, -0.2) is 46.4 Å². The lowest BCUT2D eigenvalue weighted by atomic mass is 9.93. The van der Waals surface area contributed by atoms with Gasteiger partial charge in [-0.3, -0.25) is 0 Å². The van der Waals surface area contributed by atoms with Crippen LogP contribution in [-0.2, 0) is 16.9 Å². The van der Waals surface area contributed by atoms with Gasteiger partial charge in [0.1, 0.15) is 12.7 Å². The molecule has 5 rings (SSSR count). The van der Waals surface area contributed by atoms with Crippen LogP contribution in [0.4, 0.5) is 18.4 Å². The van der Waals surface area contributed by atoms with E-state index in [1.54, 1.807) is 26.0 Å². The van der Waals surface area contributed by atoms with Crippen LogP contribution in [0.5, 0.6) is 5.88 Å². The zero-order valence-corrected chi connectivity index (χ0v) is 21.8. The van der Waals surface area contributed by atoms with Crippen molar-refractivity contribution in [2.24, 2.45) is 11.3 Å². The zero-order valence-electron chi connectivity index (χ0n) is 21.8. The first-order chi connectivity index (χ1) is 18.5. The Morgan fingerprint density at radius 2 is 1.87 bits per heavy atom.